The lowest BCUT2D eigenvalue weighted by atomic mass is 10.4. The van der Waals surface area contributed by atoms with Crippen LogP contribution in [0.4, 0.5) is 0 Å². The quantitative estimate of drug-likeness (QED) is 0.420. The van der Waals surface area contributed by atoms with Gasteiger partial charge in [-0.2, -0.15) is 0 Å². The summed E-state index contributed by atoms with van der Waals surface area (Å²) in [5.41, 5.74) is 0. The predicted octanol–water partition coefficient (Wildman–Crippen LogP) is -1.96. The third-order valence-electron chi connectivity index (χ3n) is 1.86. The number of aliphatic hydroxyl groups is 2. The van der Waals surface area contributed by atoms with E-state index in [0.29, 0.717) is 26.2 Å². The van der Waals surface area contributed by atoms with Crippen molar-refractivity contribution in [1.82, 2.24) is 10.2 Å². The maximum Gasteiger partial charge on any atom is 0.246 e. The molecule has 1 amide bonds. The first kappa shape index (κ1) is 14.3. The lowest BCUT2D eigenvalue weighted by molar-refractivity contribution is -0.124. The molecule has 0 rings (SSSR count). The molecule has 0 atom stereocenters. The number of methoxy groups -OCH3 is 1. The molecule has 0 aliphatic carbocycles. The summed E-state index contributed by atoms with van der Waals surface area (Å²) in [5, 5.41) is 20.1. The van der Waals surface area contributed by atoms with Crippen molar-refractivity contribution in [3.8, 4) is 0 Å². The normalized spacial score (nSPS) is 10.7. The van der Waals surface area contributed by atoms with Crippen molar-refractivity contribution < 1.29 is 19.7 Å². The van der Waals surface area contributed by atoms with Crippen molar-refractivity contribution in [2.45, 2.75) is 0 Å². The molecule has 0 fully saturated rings. The fraction of sp³-hybridized carbons (Fsp3) is 0.889. The van der Waals surface area contributed by atoms with Crippen LogP contribution in [0.15, 0.2) is 0 Å². The van der Waals surface area contributed by atoms with Crippen LogP contribution >= 0.6 is 0 Å². The molecule has 0 radical (unpaired) electrons. The highest BCUT2D eigenvalue weighted by molar-refractivity contribution is 5.77. The van der Waals surface area contributed by atoms with Gasteiger partial charge in [0.05, 0.1) is 13.2 Å². The smallest absolute Gasteiger partial charge is 0.246 e. The van der Waals surface area contributed by atoms with E-state index in [-0.39, 0.29) is 25.7 Å². The molecule has 0 aliphatic rings. The number of hydrogen-bond donors (Lipinski definition) is 3. The second-order valence-electron chi connectivity index (χ2n) is 3.07. The molecule has 0 aromatic heterocycles. The van der Waals surface area contributed by atoms with Crippen LogP contribution in [0, 0.1) is 0 Å². The highest BCUT2D eigenvalue weighted by Gasteiger charge is 2.04. The maximum atomic E-state index is 11.0. The number of rotatable bonds is 9. The summed E-state index contributed by atoms with van der Waals surface area (Å²) in [6.07, 6.45) is 0. The third-order valence-corrected chi connectivity index (χ3v) is 1.86. The Morgan fingerprint density at radius 3 is 2.33 bits per heavy atom. The van der Waals surface area contributed by atoms with Crippen LogP contribution in [0.1, 0.15) is 0 Å². The van der Waals surface area contributed by atoms with Gasteiger partial charge in [0.1, 0.15) is 6.61 Å². The van der Waals surface area contributed by atoms with E-state index in [0.717, 1.165) is 0 Å². The summed E-state index contributed by atoms with van der Waals surface area (Å²) < 4.78 is 4.65. The molecule has 0 bridgehead atoms. The number of amides is 1. The van der Waals surface area contributed by atoms with E-state index in [1.54, 1.807) is 0 Å². The van der Waals surface area contributed by atoms with Gasteiger partial charge >= 0.3 is 0 Å². The number of carbonyl (C=O) groups excluding carboxylic acids is 1. The Kier molecular flexibility index (Phi) is 9.40. The first-order valence-corrected chi connectivity index (χ1v) is 4.94. The number of aliphatic hydroxyl groups excluding tert-OH is 2. The minimum Gasteiger partial charge on any atom is -0.395 e. The second-order valence-corrected chi connectivity index (χ2v) is 3.07. The molecule has 0 aromatic carbocycles. The monoisotopic (exact) mass is 220 g/mol. The molecule has 0 unspecified atom stereocenters. The van der Waals surface area contributed by atoms with Gasteiger partial charge in [0.2, 0.25) is 5.91 Å². The number of ether oxygens (including phenoxy) is 1. The molecule has 0 saturated carbocycles. The maximum absolute atomic E-state index is 11.0. The number of nitrogens with zero attached hydrogens (tertiary/aromatic N) is 1. The first-order chi connectivity index (χ1) is 7.24. The Labute approximate surface area is 89.8 Å². The average Bonchev–Trinajstić information content (AvgIpc) is 2.19. The SMILES string of the molecule is COCC(=O)NCCN(CCO)CCO. The Balaban J connectivity index is 3.55. The van der Waals surface area contributed by atoms with Crippen LogP contribution in [0.5, 0.6) is 0 Å². The zero-order valence-corrected chi connectivity index (χ0v) is 9.11. The van der Waals surface area contributed by atoms with Crippen LogP contribution in [0.2, 0.25) is 0 Å². The first-order valence-electron chi connectivity index (χ1n) is 4.94. The van der Waals surface area contributed by atoms with Crippen LogP contribution in [-0.4, -0.2) is 74.1 Å². The van der Waals surface area contributed by atoms with Crippen LogP contribution in [0.3, 0.4) is 0 Å². The number of carbonyl (C=O) groups is 1. The van der Waals surface area contributed by atoms with Crippen molar-refractivity contribution >= 4 is 5.91 Å². The van der Waals surface area contributed by atoms with Gasteiger partial charge in [0.25, 0.3) is 0 Å². The molecule has 0 spiro atoms. The van der Waals surface area contributed by atoms with Gasteiger partial charge < -0.3 is 20.3 Å². The largest absolute Gasteiger partial charge is 0.395 e. The highest BCUT2D eigenvalue weighted by atomic mass is 16.5. The average molecular weight is 220 g/mol. The zero-order valence-electron chi connectivity index (χ0n) is 9.11. The Hall–Kier alpha value is -0.690. The van der Waals surface area contributed by atoms with Gasteiger partial charge in [0, 0.05) is 33.3 Å². The van der Waals surface area contributed by atoms with E-state index in [1.807, 2.05) is 4.90 Å². The van der Waals surface area contributed by atoms with E-state index in [4.69, 9.17) is 10.2 Å². The molecule has 0 saturated heterocycles. The van der Waals surface area contributed by atoms with Crippen molar-refractivity contribution in [3.05, 3.63) is 0 Å². The molecule has 0 aliphatic heterocycles. The van der Waals surface area contributed by atoms with E-state index >= 15 is 0 Å². The van der Waals surface area contributed by atoms with Gasteiger partial charge in [0.15, 0.2) is 0 Å². The van der Waals surface area contributed by atoms with Gasteiger partial charge in [-0.1, -0.05) is 0 Å². The highest BCUT2D eigenvalue weighted by Crippen LogP contribution is 1.85. The number of hydrogen-bond acceptors (Lipinski definition) is 5. The van der Waals surface area contributed by atoms with Crippen molar-refractivity contribution in [2.24, 2.45) is 0 Å². The fourth-order valence-corrected chi connectivity index (χ4v) is 1.15. The van der Waals surface area contributed by atoms with Crippen LogP contribution < -0.4 is 5.32 Å². The van der Waals surface area contributed by atoms with Gasteiger partial charge in [-0.25, -0.2) is 0 Å². The summed E-state index contributed by atoms with van der Waals surface area (Å²) >= 11 is 0. The standard InChI is InChI=1S/C9H20N2O4/c1-15-8-9(14)10-2-3-11(4-6-12)5-7-13/h12-13H,2-8H2,1H3,(H,10,14). The molecule has 3 N–H and O–H groups in total. The Bertz CT molecular complexity index is 160. The third kappa shape index (κ3) is 8.31. The molecule has 90 valence electrons. The van der Waals surface area contributed by atoms with E-state index in [2.05, 4.69) is 10.1 Å². The summed E-state index contributed by atoms with van der Waals surface area (Å²) in [6, 6.07) is 0. The van der Waals surface area contributed by atoms with Crippen molar-refractivity contribution in [1.29, 1.82) is 0 Å². The van der Waals surface area contributed by atoms with Crippen molar-refractivity contribution in [3.63, 3.8) is 0 Å². The fourth-order valence-electron chi connectivity index (χ4n) is 1.15. The lowest BCUT2D eigenvalue weighted by Crippen LogP contribution is -2.38. The van der Waals surface area contributed by atoms with Gasteiger partial charge in [-0.3, -0.25) is 9.69 Å². The summed E-state index contributed by atoms with van der Waals surface area (Å²) in [4.78, 5) is 12.9. The number of nitrogens with one attached hydrogen (secondary N) is 1. The Morgan fingerprint density at radius 1 is 1.27 bits per heavy atom. The molecule has 0 heterocycles. The van der Waals surface area contributed by atoms with Crippen LogP contribution in [0.25, 0.3) is 0 Å². The topological polar surface area (TPSA) is 82.0 Å². The predicted molar refractivity (Wildman–Crippen MR) is 55.5 cm³/mol. The second kappa shape index (κ2) is 9.85. The minimum absolute atomic E-state index is 0.0476. The zero-order chi connectivity index (χ0) is 11.5. The summed E-state index contributed by atoms with van der Waals surface area (Å²) in [5.74, 6) is -0.162. The summed E-state index contributed by atoms with van der Waals surface area (Å²) in [6.45, 7) is 2.25. The molecule has 15 heavy (non-hydrogen) atoms. The van der Waals surface area contributed by atoms with E-state index in [9.17, 15) is 4.79 Å². The molecule has 6 heteroatoms. The van der Waals surface area contributed by atoms with E-state index < -0.39 is 0 Å². The van der Waals surface area contributed by atoms with Gasteiger partial charge in [-0.15, -0.1) is 0 Å². The lowest BCUT2D eigenvalue weighted by Gasteiger charge is -2.19. The van der Waals surface area contributed by atoms with Crippen LogP contribution in [-0.2, 0) is 9.53 Å². The molecule has 0 aromatic rings. The molecular formula is C9H20N2O4. The minimum atomic E-state index is -0.162. The van der Waals surface area contributed by atoms with Gasteiger partial charge in [-0.05, 0) is 0 Å². The Morgan fingerprint density at radius 2 is 1.87 bits per heavy atom. The van der Waals surface area contributed by atoms with E-state index in [1.165, 1.54) is 7.11 Å². The molecule has 6 nitrogen and oxygen atoms in total. The summed E-state index contributed by atoms with van der Waals surface area (Å²) in [7, 11) is 1.46. The van der Waals surface area contributed by atoms with Crippen molar-refractivity contribution in [2.75, 3.05) is 53.1 Å². The molecular weight excluding hydrogens is 200 g/mol.